The Hall–Kier alpha value is -5.43. The van der Waals surface area contributed by atoms with Gasteiger partial charge in [0.05, 0.1) is 48.6 Å². The van der Waals surface area contributed by atoms with E-state index in [0.717, 1.165) is 7.11 Å². The van der Waals surface area contributed by atoms with Gasteiger partial charge in [0.15, 0.2) is 0 Å². The normalized spacial score (nSPS) is 14.9. The number of benzene rings is 2. The molecule has 0 radical (unpaired) electrons. The summed E-state index contributed by atoms with van der Waals surface area (Å²) in [7, 11) is 2.32. The van der Waals surface area contributed by atoms with E-state index in [2.05, 4.69) is 16.4 Å². The summed E-state index contributed by atoms with van der Waals surface area (Å²) in [6, 6.07) is 22.3. The highest BCUT2D eigenvalue weighted by molar-refractivity contribution is 6.11. The van der Waals surface area contributed by atoms with Crippen molar-refractivity contribution >= 4 is 29.4 Å². The first-order valence-electron chi connectivity index (χ1n) is 11.8. The van der Waals surface area contributed by atoms with Crippen LogP contribution in [0.2, 0.25) is 0 Å². The number of anilines is 2. The summed E-state index contributed by atoms with van der Waals surface area (Å²) >= 11 is 0. The molecule has 1 aromatic heterocycles. The molecule has 10 nitrogen and oxygen atoms in total. The van der Waals surface area contributed by atoms with E-state index in [1.54, 1.807) is 73.7 Å². The number of rotatable bonds is 6. The predicted molar refractivity (Wildman–Crippen MR) is 143 cm³/mol. The molecule has 0 bridgehead atoms. The zero-order chi connectivity index (χ0) is 28.1. The summed E-state index contributed by atoms with van der Waals surface area (Å²) in [6.45, 7) is 1.79. The van der Waals surface area contributed by atoms with Gasteiger partial charge in [0, 0.05) is 5.69 Å². The van der Waals surface area contributed by atoms with Gasteiger partial charge in [-0.1, -0.05) is 48.5 Å². The van der Waals surface area contributed by atoms with Gasteiger partial charge in [-0.05, 0) is 36.8 Å². The van der Waals surface area contributed by atoms with Gasteiger partial charge in [0.2, 0.25) is 0 Å². The molecule has 1 aliphatic heterocycles. The van der Waals surface area contributed by atoms with Gasteiger partial charge in [-0.3, -0.25) is 9.69 Å². The summed E-state index contributed by atoms with van der Waals surface area (Å²) in [6.07, 6.45) is 0. The number of nitriles is 1. The number of esters is 2. The number of nitrogens with zero attached hydrogens (tertiary/aromatic N) is 3. The number of ether oxygens (including phenoxy) is 2. The first kappa shape index (κ1) is 26.6. The van der Waals surface area contributed by atoms with Crippen LogP contribution in [0.4, 0.5) is 11.5 Å². The molecule has 0 saturated heterocycles. The first-order chi connectivity index (χ1) is 18.8. The maximum Gasteiger partial charge on any atom is 0.355 e. The molecule has 39 heavy (non-hydrogen) atoms. The Morgan fingerprint density at radius 1 is 0.949 bits per heavy atom. The van der Waals surface area contributed by atoms with Crippen molar-refractivity contribution < 1.29 is 23.9 Å². The number of aromatic nitrogens is 1. The third-order valence-electron chi connectivity index (χ3n) is 6.13. The molecule has 0 fully saturated rings. The van der Waals surface area contributed by atoms with Gasteiger partial charge in [0.25, 0.3) is 5.91 Å². The van der Waals surface area contributed by atoms with E-state index in [-0.39, 0.29) is 33.9 Å². The van der Waals surface area contributed by atoms with E-state index in [0.29, 0.717) is 17.1 Å². The number of carbonyl (C=O) groups is 3. The van der Waals surface area contributed by atoms with Gasteiger partial charge >= 0.3 is 11.9 Å². The van der Waals surface area contributed by atoms with Crippen LogP contribution in [0.3, 0.4) is 0 Å². The second-order valence-electron chi connectivity index (χ2n) is 8.47. The molecule has 0 spiro atoms. The number of aryl methyl sites for hydroxylation is 1. The van der Waals surface area contributed by atoms with Crippen molar-refractivity contribution in [3.63, 3.8) is 0 Å². The monoisotopic (exact) mass is 523 g/mol. The van der Waals surface area contributed by atoms with E-state index in [9.17, 15) is 19.6 Å². The van der Waals surface area contributed by atoms with E-state index >= 15 is 0 Å². The van der Waals surface area contributed by atoms with Gasteiger partial charge in [-0.25, -0.2) is 14.6 Å². The number of para-hydroxylation sites is 1. The quantitative estimate of drug-likeness (QED) is 0.463. The van der Waals surface area contributed by atoms with Crippen LogP contribution < -0.4 is 16.0 Å². The molecule has 4 rings (SSSR count). The minimum absolute atomic E-state index is 0.00943. The van der Waals surface area contributed by atoms with E-state index < -0.39 is 23.8 Å². The Morgan fingerprint density at radius 2 is 1.62 bits per heavy atom. The van der Waals surface area contributed by atoms with Crippen LogP contribution in [0.5, 0.6) is 0 Å². The molecule has 10 heteroatoms. The molecule has 0 aliphatic carbocycles. The van der Waals surface area contributed by atoms with E-state index in [4.69, 9.17) is 15.2 Å². The molecular formula is C29H25N5O5. The second-order valence-corrected chi connectivity index (χ2v) is 8.47. The molecule has 1 atom stereocenters. The van der Waals surface area contributed by atoms with Crippen LogP contribution in [0.1, 0.15) is 27.5 Å². The van der Waals surface area contributed by atoms with Crippen LogP contribution in [0, 0.1) is 18.3 Å². The second kappa shape index (κ2) is 11.3. The average molecular weight is 524 g/mol. The molecule has 2 aromatic carbocycles. The topological polar surface area (TPSA) is 148 Å². The smallest absolute Gasteiger partial charge is 0.355 e. The lowest BCUT2D eigenvalue weighted by Crippen LogP contribution is -2.41. The van der Waals surface area contributed by atoms with Crippen molar-refractivity contribution in [1.29, 1.82) is 5.26 Å². The molecule has 1 amide bonds. The molecule has 3 N–H and O–H groups in total. The molecule has 1 aliphatic rings. The summed E-state index contributed by atoms with van der Waals surface area (Å²) in [5.41, 5.74) is 7.61. The lowest BCUT2D eigenvalue weighted by atomic mass is 9.80. The first-order valence-corrected chi connectivity index (χ1v) is 11.8. The molecular weight excluding hydrogens is 498 g/mol. The number of methoxy groups -OCH3 is 2. The van der Waals surface area contributed by atoms with Crippen LogP contribution in [-0.2, 0) is 19.1 Å². The fraction of sp³-hybridized carbons (Fsp3) is 0.138. The van der Waals surface area contributed by atoms with Crippen LogP contribution in [0.15, 0.2) is 95.5 Å². The van der Waals surface area contributed by atoms with Crippen molar-refractivity contribution in [2.45, 2.75) is 12.8 Å². The fourth-order valence-corrected chi connectivity index (χ4v) is 4.42. The third kappa shape index (κ3) is 5.06. The van der Waals surface area contributed by atoms with E-state index in [1.807, 2.05) is 0 Å². The minimum Gasteiger partial charge on any atom is -0.466 e. The summed E-state index contributed by atoms with van der Waals surface area (Å²) in [5, 5.41) is 13.0. The Balaban J connectivity index is 1.97. The van der Waals surface area contributed by atoms with Crippen molar-refractivity contribution in [2.24, 2.45) is 5.73 Å². The highest BCUT2D eigenvalue weighted by Crippen LogP contribution is 2.43. The summed E-state index contributed by atoms with van der Waals surface area (Å²) < 4.78 is 10.1. The number of nitrogens with two attached hydrogens (primary N) is 1. The SMILES string of the molecule is COC(=O)C1=C(C(=O)OC)N(c2ccccc2C(=O)Nc2cccc(C)n2)C(N)=C(C#N)C1c1ccccc1. The highest BCUT2D eigenvalue weighted by atomic mass is 16.5. The number of nitrogens with one attached hydrogen (secondary N) is 1. The minimum atomic E-state index is -1.02. The average Bonchev–Trinajstić information content (AvgIpc) is 2.96. The van der Waals surface area contributed by atoms with Crippen LogP contribution in [0.25, 0.3) is 0 Å². The highest BCUT2D eigenvalue weighted by Gasteiger charge is 2.43. The Labute approximate surface area is 225 Å². The summed E-state index contributed by atoms with van der Waals surface area (Å²) in [4.78, 5) is 45.5. The van der Waals surface area contributed by atoms with Crippen molar-refractivity contribution in [2.75, 3.05) is 24.4 Å². The molecule has 0 saturated carbocycles. The summed E-state index contributed by atoms with van der Waals surface area (Å²) in [5.74, 6) is -3.17. The maximum absolute atomic E-state index is 13.4. The van der Waals surface area contributed by atoms with Gasteiger partial charge in [0.1, 0.15) is 17.3 Å². The van der Waals surface area contributed by atoms with E-state index in [1.165, 1.54) is 18.1 Å². The van der Waals surface area contributed by atoms with Gasteiger partial charge < -0.3 is 20.5 Å². The Morgan fingerprint density at radius 3 is 2.26 bits per heavy atom. The number of hydrogen-bond acceptors (Lipinski definition) is 9. The molecule has 2 heterocycles. The predicted octanol–water partition coefficient (Wildman–Crippen LogP) is 3.54. The zero-order valence-electron chi connectivity index (χ0n) is 21.5. The molecule has 3 aromatic rings. The largest absolute Gasteiger partial charge is 0.466 e. The lowest BCUT2D eigenvalue weighted by Gasteiger charge is -2.36. The lowest BCUT2D eigenvalue weighted by molar-refractivity contribution is -0.139. The third-order valence-corrected chi connectivity index (χ3v) is 6.13. The van der Waals surface area contributed by atoms with Crippen molar-refractivity contribution in [1.82, 2.24) is 4.98 Å². The standard InChI is InChI=1S/C29H25N5O5/c1-17-10-9-15-22(32-17)33-27(35)19-13-7-8-14-21(19)34-25(29(37)39-3)24(28(36)38-2)23(20(16-30)26(34)31)18-11-5-4-6-12-18/h4-15,23H,31H2,1-3H3,(H,32,33,35). The van der Waals surface area contributed by atoms with Crippen molar-refractivity contribution in [3.05, 3.63) is 112 Å². The van der Waals surface area contributed by atoms with Gasteiger partial charge in [-0.2, -0.15) is 5.26 Å². The van der Waals surface area contributed by atoms with Crippen LogP contribution >= 0.6 is 0 Å². The Bertz CT molecular complexity index is 1560. The number of amides is 1. The number of carbonyl (C=O) groups excluding carboxylic acids is 3. The van der Waals surface area contributed by atoms with Crippen molar-refractivity contribution in [3.8, 4) is 6.07 Å². The Kier molecular flexibility index (Phi) is 7.72. The fourth-order valence-electron chi connectivity index (χ4n) is 4.42. The molecule has 1 unspecified atom stereocenters. The zero-order valence-corrected chi connectivity index (χ0v) is 21.5. The number of allylic oxidation sites excluding steroid dienone is 1. The number of hydrogen-bond donors (Lipinski definition) is 2. The maximum atomic E-state index is 13.4. The van der Waals surface area contributed by atoms with Gasteiger partial charge in [-0.15, -0.1) is 0 Å². The number of pyridine rings is 1. The molecule has 196 valence electrons. The van der Waals surface area contributed by atoms with Crippen LogP contribution in [-0.4, -0.2) is 37.0 Å².